The van der Waals surface area contributed by atoms with Crippen LogP contribution in [0.25, 0.3) is 0 Å². The zero-order valence-corrected chi connectivity index (χ0v) is 17.9. The van der Waals surface area contributed by atoms with Crippen molar-refractivity contribution >= 4 is 29.3 Å². The van der Waals surface area contributed by atoms with Gasteiger partial charge in [0.25, 0.3) is 5.91 Å². The van der Waals surface area contributed by atoms with Gasteiger partial charge in [-0.15, -0.1) is 0 Å². The van der Waals surface area contributed by atoms with Gasteiger partial charge in [0.05, 0.1) is 12.2 Å². The van der Waals surface area contributed by atoms with E-state index in [9.17, 15) is 9.59 Å². The summed E-state index contributed by atoms with van der Waals surface area (Å²) in [4.78, 5) is 24.8. The topological polar surface area (TPSA) is 103 Å². The number of nitrogens with two attached hydrogens (primary N) is 1. The van der Waals surface area contributed by atoms with Crippen LogP contribution in [-0.4, -0.2) is 36.3 Å². The molecule has 164 valence electrons. The third-order valence-electron chi connectivity index (χ3n) is 6.01. The molecule has 2 bridgehead atoms. The quantitative estimate of drug-likeness (QED) is 0.629. The normalized spacial score (nSPS) is 24.5. The SMILES string of the molecule is NC12CCC(CNC(=O)c3cc(Cl)cc(NC(=O)OCc4ccccc4)c3)(CC1)OC2. The van der Waals surface area contributed by atoms with Gasteiger partial charge in [-0.3, -0.25) is 10.1 Å². The summed E-state index contributed by atoms with van der Waals surface area (Å²) in [6, 6.07) is 14.1. The molecule has 4 N–H and O–H groups in total. The third kappa shape index (κ3) is 5.36. The zero-order valence-electron chi connectivity index (χ0n) is 17.2. The van der Waals surface area contributed by atoms with Gasteiger partial charge in [0.15, 0.2) is 0 Å². The maximum absolute atomic E-state index is 12.7. The molecular weight excluding hydrogens is 418 g/mol. The number of hydrogen-bond donors (Lipinski definition) is 3. The van der Waals surface area contributed by atoms with E-state index in [2.05, 4.69) is 10.6 Å². The molecule has 8 heteroatoms. The lowest BCUT2D eigenvalue weighted by atomic mass is 9.71. The fourth-order valence-electron chi connectivity index (χ4n) is 4.03. The molecule has 0 spiro atoms. The van der Waals surface area contributed by atoms with Crippen molar-refractivity contribution in [1.29, 1.82) is 0 Å². The Balaban J connectivity index is 1.33. The Hall–Kier alpha value is -2.61. The largest absolute Gasteiger partial charge is 0.444 e. The number of benzene rings is 2. The molecule has 1 aliphatic carbocycles. The van der Waals surface area contributed by atoms with Crippen LogP contribution in [0.15, 0.2) is 48.5 Å². The Kier molecular flexibility index (Phi) is 6.18. The van der Waals surface area contributed by atoms with E-state index in [1.807, 2.05) is 30.3 Å². The lowest BCUT2D eigenvalue weighted by Crippen LogP contribution is -2.62. The number of fused-ring (bicyclic) bond motifs is 3. The van der Waals surface area contributed by atoms with Crippen LogP contribution < -0.4 is 16.4 Å². The molecular formula is C23H26ClN3O4. The smallest absolute Gasteiger partial charge is 0.411 e. The molecule has 2 aliphatic heterocycles. The maximum Gasteiger partial charge on any atom is 0.411 e. The Labute approximate surface area is 186 Å². The highest BCUT2D eigenvalue weighted by atomic mass is 35.5. The van der Waals surface area contributed by atoms with Crippen molar-refractivity contribution in [3.63, 3.8) is 0 Å². The molecule has 0 aromatic heterocycles. The predicted molar refractivity (Wildman–Crippen MR) is 118 cm³/mol. The van der Waals surface area contributed by atoms with Crippen LogP contribution in [0, 0.1) is 0 Å². The first-order chi connectivity index (χ1) is 14.8. The van der Waals surface area contributed by atoms with E-state index in [-0.39, 0.29) is 23.7 Å². The van der Waals surface area contributed by atoms with Gasteiger partial charge in [0.2, 0.25) is 0 Å². The van der Waals surface area contributed by atoms with Crippen LogP contribution in [0.5, 0.6) is 0 Å². The van der Waals surface area contributed by atoms with Crippen molar-refractivity contribution in [2.24, 2.45) is 5.73 Å². The monoisotopic (exact) mass is 443 g/mol. The fourth-order valence-corrected chi connectivity index (χ4v) is 4.27. The number of rotatable bonds is 6. The maximum atomic E-state index is 12.7. The highest BCUT2D eigenvalue weighted by Crippen LogP contribution is 2.41. The van der Waals surface area contributed by atoms with Gasteiger partial charge in [-0.2, -0.15) is 0 Å². The Morgan fingerprint density at radius 1 is 1.10 bits per heavy atom. The molecule has 2 saturated heterocycles. The molecule has 1 saturated carbocycles. The molecule has 0 unspecified atom stereocenters. The molecule has 2 amide bonds. The number of anilines is 1. The molecule has 2 heterocycles. The van der Waals surface area contributed by atoms with Crippen molar-refractivity contribution in [2.75, 3.05) is 18.5 Å². The lowest BCUT2D eigenvalue weighted by Gasteiger charge is -2.51. The van der Waals surface area contributed by atoms with Gasteiger partial charge in [-0.1, -0.05) is 41.9 Å². The number of hydrogen-bond acceptors (Lipinski definition) is 5. The van der Waals surface area contributed by atoms with Crippen LogP contribution in [0.2, 0.25) is 5.02 Å². The first kappa shape index (κ1) is 21.6. The number of carbonyl (C=O) groups is 2. The second kappa shape index (κ2) is 8.86. The van der Waals surface area contributed by atoms with Crippen LogP contribution in [0.3, 0.4) is 0 Å². The van der Waals surface area contributed by atoms with Crippen LogP contribution in [-0.2, 0) is 16.1 Å². The van der Waals surface area contributed by atoms with Crippen molar-refractivity contribution in [1.82, 2.24) is 5.32 Å². The molecule has 5 rings (SSSR count). The van der Waals surface area contributed by atoms with Crippen molar-refractivity contribution in [3.8, 4) is 0 Å². The number of amides is 2. The molecule has 0 radical (unpaired) electrons. The fraction of sp³-hybridized carbons (Fsp3) is 0.391. The first-order valence-electron chi connectivity index (χ1n) is 10.3. The number of ether oxygens (including phenoxy) is 2. The van der Waals surface area contributed by atoms with Gasteiger partial charge in [0.1, 0.15) is 6.61 Å². The highest BCUT2D eigenvalue weighted by Gasteiger charge is 2.47. The Bertz CT molecular complexity index is 942. The van der Waals surface area contributed by atoms with Gasteiger partial charge in [-0.05, 0) is 49.4 Å². The summed E-state index contributed by atoms with van der Waals surface area (Å²) in [5.41, 5.74) is 7.30. The molecule has 31 heavy (non-hydrogen) atoms. The Morgan fingerprint density at radius 2 is 1.84 bits per heavy atom. The average Bonchev–Trinajstić information content (AvgIpc) is 2.77. The van der Waals surface area contributed by atoms with Gasteiger partial charge in [0, 0.05) is 28.4 Å². The van der Waals surface area contributed by atoms with Crippen molar-refractivity contribution < 1.29 is 19.1 Å². The standard InChI is InChI=1S/C23H26ClN3O4/c24-18-10-17(20(28)26-14-23-8-6-22(25,7-9-23)15-31-23)11-19(12-18)27-21(29)30-13-16-4-2-1-3-5-16/h1-5,10-12H,6-9,13-15,25H2,(H,26,28)(H,27,29). The van der Waals surface area contributed by atoms with Gasteiger partial charge < -0.3 is 20.5 Å². The zero-order chi connectivity index (χ0) is 21.9. The first-order valence-corrected chi connectivity index (χ1v) is 10.7. The molecule has 3 aliphatic rings. The summed E-state index contributed by atoms with van der Waals surface area (Å²) < 4.78 is 11.2. The predicted octanol–water partition coefficient (Wildman–Crippen LogP) is 3.86. The van der Waals surface area contributed by atoms with E-state index in [0.717, 1.165) is 31.2 Å². The van der Waals surface area contributed by atoms with E-state index in [0.29, 0.717) is 29.4 Å². The molecule has 2 aromatic rings. The second-order valence-electron chi connectivity index (χ2n) is 8.43. The number of carbonyl (C=O) groups excluding carboxylic acids is 2. The van der Waals surface area contributed by atoms with E-state index in [1.165, 1.54) is 0 Å². The van der Waals surface area contributed by atoms with Gasteiger partial charge in [-0.25, -0.2) is 4.79 Å². The van der Waals surface area contributed by atoms with Crippen LogP contribution >= 0.6 is 11.6 Å². The number of halogens is 1. The molecule has 0 atom stereocenters. The highest BCUT2D eigenvalue weighted by molar-refractivity contribution is 6.31. The van der Waals surface area contributed by atoms with Crippen LogP contribution in [0.4, 0.5) is 10.5 Å². The minimum Gasteiger partial charge on any atom is -0.444 e. The van der Waals surface area contributed by atoms with Crippen molar-refractivity contribution in [3.05, 3.63) is 64.7 Å². The van der Waals surface area contributed by atoms with Crippen LogP contribution in [0.1, 0.15) is 41.6 Å². The summed E-state index contributed by atoms with van der Waals surface area (Å²) in [6.45, 7) is 1.09. The summed E-state index contributed by atoms with van der Waals surface area (Å²) in [6.07, 6.45) is 2.84. The summed E-state index contributed by atoms with van der Waals surface area (Å²) in [5, 5.41) is 5.90. The van der Waals surface area contributed by atoms with E-state index >= 15 is 0 Å². The third-order valence-corrected chi connectivity index (χ3v) is 6.23. The second-order valence-corrected chi connectivity index (χ2v) is 8.87. The summed E-state index contributed by atoms with van der Waals surface area (Å²) in [5.74, 6) is -0.281. The van der Waals surface area contributed by atoms with Gasteiger partial charge >= 0.3 is 6.09 Å². The summed E-state index contributed by atoms with van der Waals surface area (Å²) >= 11 is 6.17. The average molecular weight is 444 g/mol. The molecule has 2 aromatic carbocycles. The number of nitrogens with one attached hydrogen (secondary N) is 2. The minimum absolute atomic E-state index is 0.146. The van der Waals surface area contributed by atoms with E-state index in [1.54, 1.807) is 18.2 Å². The lowest BCUT2D eigenvalue weighted by molar-refractivity contribution is -0.149. The van der Waals surface area contributed by atoms with E-state index < -0.39 is 6.09 Å². The Morgan fingerprint density at radius 3 is 2.52 bits per heavy atom. The molecule has 3 fully saturated rings. The van der Waals surface area contributed by atoms with Crippen molar-refractivity contribution in [2.45, 2.75) is 43.4 Å². The molecule has 7 nitrogen and oxygen atoms in total. The van der Waals surface area contributed by atoms with E-state index in [4.69, 9.17) is 26.8 Å². The minimum atomic E-state index is -0.626. The summed E-state index contributed by atoms with van der Waals surface area (Å²) in [7, 11) is 0.